The predicted octanol–water partition coefficient (Wildman–Crippen LogP) is 0.645. The Hall–Kier alpha value is -1.99. The van der Waals surface area contributed by atoms with E-state index in [1.165, 1.54) is 29.2 Å². The number of aliphatic hydroxyl groups is 1. The van der Waals surface area contributed by atoms with Crippen molar-refractivity contribution in [1.82, 2.24) is 4.90 Å². The molecule has 7 nitrogen and oxygen atoms in total. The summed E-state index contributed by atoms with van der Waals surface area (Å²) < 4.78 is 0. The van der Waals surface area contributed by atoms with Gasteiger partial charge in [0.1, 0.15) is 0 Å². The van der Waals surface area contributed by atoms with E-state index in [9.17, 15) is 20.0 Å². The highest BCUT2D eigenvalue weighted by atomic mass is 16.6. The number of likely N-dealkylation sites (N-methyl/N-ethyl adjacent to an activating group) is 1. The van der Waals surface area contributed by atoms with Crippen molar-refractivity contribution in [2.24, 2.45) is 0 Å². The van der Waals surface area contributed by atoms with Gasteiger partial charge in [-0.2, -0.15) is 0 Å². The molecule has 0 saturated carbocycles. The van der Waals surface area contributed by atoms with Crippen molar-refractivity contribution in [3.63, 3.8) is 0 Å². The number of nitro groups is 1. The van der Waals surface area contributed by atoms with Gasteiger partial charge in [-0.3, -0.25) is 19.8 Å². The highest BCUT2D eigenvalue weighted by Crippen LogP contribution is 2.18. The van der Waals surface area contributed by atoms with E-state index in [4.69, 9.17) is 5.11 Å². The number of non-ortho nitro benzene ring substituents is 1. The zero-order valence-corrected chi connectivity index (χ0v) is 9.81. The van der Waals surface area contributed by atoms with Crippen LogP contribution < -0.4 is 0 Å². The first-order valence-corrected chi connectivity index (χ1v) is 5.23. The second kappa shape index (κ2) is 6.08. The molecule has 0 saturated heterocycles. The average molecular weight is 254 g/mol. The standard InChI is InChI=1S/C11H14N2O5/c1-12(7-11(15)16)6-10(14)8-2-4-9(5-3-8)13(17)18/h2-5,10,14H,6-7H2,1H3,(H,15,16). The molecule has 0 spiro atoms. The largest absolute Gasteiger partial charge is 0.480 e. The lowest BCUT2D eigenvalue weighted by molar-refractivity contribution is -0.384. The number of benzene rings is 1. The third-order valence-electron chi connectivity index (χ3n) is 2.38. The summed E-state index contributed by atoms with van der Waals surface area (Å²) in [5, 5.41) is 28.8. The topological polar surface area (TPSA) is 104 Å². The van der Waals surface area contributed by atoms with Crippen LogP contribution in [0.4, 0.5) is 5.69 Å². The van der Waals surface area contributed by atoms with Crippen molar-refractivity contribution in [3.8, 4) is 0 Å². The Balaban J connectivity index is 2.63. The number of carboxylic acids is 1. The number of carboxylic acid groups (broad SMARTS) is 1. The summed E-state index contributed by atoms with van der Waals surface area (Å²) in [6, 6.07) is 5.51. The van der Waals surface area contributed by atoms with E-state index in [0.717, 1.165) is 0 Å². The Bertz CT molecular complexity index is 432. The maximum atomic E-state index is 10.5. The monoisotopic (exact) mass is 254 g/mol. The van der Waals surface area contributed by atoms with Gasteiger partial charge in [-0.15, -0.1) is 0 Å². The second-order valence-electron chi connectivity index (χ2n) is 3.95. The van der Waals surface area contributed by atoms with Crippen molar-refractivity contribution in [2.45, 2.75) is 6.10 Å². The van der Waals surface area contributed by atoms with Gasteiger partial charge in [0.05, 0.1) is 17.6 Å². The van der Waals surface area contributed by atoms with Gasteiger partial charge in [-0.05, 0) is 24.7 Å². The normalized spacial score (nSPS) is 12.4. The summed E-state index contributed by atoms with van der Waals surface area (Å²) in [5.41, 5.74) is 0.461. The third kappa shape index (κ3) is 4.11. The smallest absolute Gasteiger partial charge is 0.317 e. The molecule has 1 aromatic carbocycles. The van der Waals surface area contributed by atoms with Crippen molar-refractivity contribution < 1.29 is 19.9 Å². The van der Waals surface area contributed by atoms with E-state index < -0.39 is 17.0 Å². The molecule has 1 rings (SSSR count). The van der Waals surface area contributed by atoms with Crippen molar-refractivity contribution in [2.75, 3.05) is 20.1 Å². The molecule has 0 fully saturated rings. The minimum Gasteiger partial charge on any atom is -0.480 e. The van der Waals surface area contributed by atoms with Gasteiger partial charge in [0.2, 0.25) is 0 Å². The summed E-state index contributed by atoms with van der Waals surface area (Å²) in [5.74, 6) is -0.978. The van der Waals surface area contributed by atoms with Gasteiger partial charge in [0, 0.05) is 18.7 Å². The number of nitro benzene ring substituents is 1. The zero-order chi connectivity index (χ0) is 13.7. The number of carbonyl (C=O) groups is 1. The maximum Gasteiger partial charge on any atom is 0.317 e. The number of rotatable bonds is 6. The summed E-state index contributed by atoms with van der Waals surface area (Å²) >= 11 is 0. The summed E-state index contributed by atoms with van der Waals surface area (Å²) in [4.78, 5) is 21.8. The molecule has 2 N–H and O–H groups in total. The molecule has 0 bridgehead atoms. The van der Waals surface area contributed by atoms with Crippen LogP contribution in [0.3, 0.4) is 0 Å². The van der Waals surface area contributed by atoms with Crippen LogP contribution in [0.15, 0.2) is 24.3 Å². The molecule has 0 aliphatic carbocycles. The second-order valence-corrected chi connectivity index (χ2v) is 3.95. The van der Waals surface area contributed by atoms with E-state index >= 15 is 0 Å². The first-order chi connectivity index (χ1) is 8.40. The Morgan fingerprint density at radius 2 is 2.00 bits per heavy atom. The molecular formula is C11H14N2O5. The summed E-state index contributed by atoms with van der Waals surface area (Å²) in [6.45, 7) is -0.0336. The molecule has 1 unspecified atom stereocenters. The number of nitrogens with zero attached hydrogens (tertiary/aromatic N) is 2. The number of hydrogen-bond acceptors (Lipinski definition) is 5. The van der Waals surface area contributed by atoms with Crippen LogP contribution in [0.5, 0.6) is 0 Å². The van der Waals surface area contributed by atoms with Gasteiger partial charge in [0.15, 0.2) is 0 Å². The SMILES string of the molecule is CN(CC(=O)O)CC(O)c1ccc([N+](=O)[O-])cc1. The van der Waals surface area contributed by atoms with E-state index in [2.05, 4.69) is 0 Å². The first kappa shape index (κ1) is 14.1. The molecule has 0 amide bonds. The van der Waals surface area contributed by atoms with E-state index in [1.54, 1.807) is 7.05 Å². The Kier molecular flexibility index (Phi) is 4.75. The fraction of sp³-hybridized carbons (Fsp3) is 0.364. The average Bonchev–Trinajstić information content (AvgIpc) is 2.27. The van der Waals surface area contributed by atoms with Gasteiger partial charge in [-0.1, -0.05) is 0 Å². The van der Waals surface area contributed by atoms with Gasteiger partial charge >= 0.3 is 5.97 Å². The fourth-order valence-electron chi connectivity index (χ4n) is 1.51. The lowest BCUT2D eigenvalue weighted by Gasteiger charge is -2.18. The van der Waals surface area contributed by atoms with Crippen molar-refractivity contribution in [3.05, 3.63) is 39.9 Å². The first-order valence-electron chi connectivity index (χ1n) is 5.23. The molecular weight excluding hydrogens is 240 g/mol. The molecule has 0 radical (unpaired) electrons. The summed E-state index contributed by atoms with van der Waals surface area (Å²) in [7, 11) is 1.57. The summed E-state index contributed by atoms with van der Waals surface area (Å²) in [6.07, 6.45) is -0.879. The van der Waals surface area contributed by atoms with Gasteiger partial charge < -0.3 is 10.2 Å². The molecule has 98 valence electrons. The third-order valence-corrected chi connectivity index (χ3v) is 2.38. The van der Waals surface area contributed by atoms with Crippen LogP contribution in [0.2, 0.25) is 0 Å². The minimum atomic E-state index is -0.978. The van der Waals surface area contributed by atoms with Crippen LogP contribution in [0.1, 0.15) is 11.7 Å². The quantitative estimate of drug-likeness (QED) is 0.570. The van der Waals surface area contributed by atoms with Crippen LogP contribution >= 0.6 is 0 Å². The Labute approximate surface area is 103 Å². The number of hydrogen-bond donors (Lipinski definition) is 2. The Morgan fingerprint density at radius 3 is 2.44 bits per heavy atom. The molecule has 1 atom stereocenters. The van der Waals surface area contributed by atoms with Crippen LogP contribution in [0.25, 0.3) is 0 Å². The highest BCUT2D eigenvalue weighted by molar-refractivity contribution is 5.69. The molecule has 1 aromatic rings. The lowest BCUT2D eigenvalue weighted by Crippen LogP contribution is -2.29. The Morgan fingerprint density at radius 1 is 1.44 bits per heavy atom. The van der Waals surface area contributed by atoms with Crippen LogP contribution in [-0.4, -0.2) is 46.1 Å². The highest BCUT2D eigenvalue weighted by Gasteiger charge is 2.14. The fourth-order valence-corrected chi connectivity index (χ4v) is 1.51. The van der Waals surface area contributed by atoms with Crippen molar-refractivity contribution in [1.29, 1.82) is 0 Å². The lowest BCUT2D eigenvalue weighted by atomic mass is 10.1. The van der Waals surface area contributed by atoms with E-state index in [0.29, 0.717) is 5.56 Å². The predicted molar refractivity (Wildman–Crippen MR) is 63.2 cm³/mol. The minimum absolute atomic E-state index is 0.0511. The van der Waals surface area contributed by atoms with Gasteiger partial charge in [-0.25, -0.2) is 0 Å². The molecule has 0 aliphatic heterocycles. The van der Waals surface area contributed by atoms with Crippen LogP contribution in [0, 0.1) is 10.1 Å². The molecule has 0 aromatic heterocycles. The number of aliphatic carboxylic acids is 1. The van der Waals surface area contributed by atoms with E-state index in [1.807, 2.05) is 0 Å². The number of aliphatic hydroxyl groups excluding tert-OH is 1. The molecule has 0 heterocycles. The molecule has 7 heteroatoms. The van der Waals surface area contributed by atoms with Crippen molar-refractivity contribution >= 4 is 11.7 Å². The van der Waals surface area contributed by atoms with E-state index in [-0.39, 0.29) is 18.8 Å². The van der Waals surface area contributed by atoms with Gasteiger partial charge in [0.25, 0.3) is 5.69 Å². The van der Waals surface area contributed by atoms with Crippen LogP contribution in [-0.2, 0) is 4.79 Å². The zero-order valence-electron chi connectivity index (χ0n) is 9.81. The molecule has 0 aliphatic rings. The molecule has 18 heavy (non-hydrogen) atoms. The maximum absolute atomic E-state index is 10.5.